The van der Waals surface area contributed by atoms with Gasteiger partial charge < -0.3 is 15.8 Å². The molecule has 1 heterocycles. The first kappa shape index (κ1) is 16.4. The van der Waals surface area contributed by atoms with Crippen molar-refractivity contribution >= 4 is 17.2 Å². The number of nitrogens with zero attached hydrogens (tertiary/aromatic N) is 1. The van der Waals surface area contributed by atoms with Crippen LogP contribution in [0.3, 0.4) is 0 Å². The number of methoxy groups -OCH3 is 1. The molecule has 22 heavy (non-hydrogen) atoms. The summed E-state index contributed by atoms with van der Waals surface area (Å²) in [6.07, 6.45) is 0.650. The zero-order valence-corrected chi connectivity index (χ0v) is 13.2. The van der Waals surface area contributed by atoms with E-state index < -0.39 is 5.82 Å². The molecule has 2 rings (SSSR count). The third-order valence-corrected chi connectivity index (χ3v) is 4.07. The molecule has 0 bridgehead atoms. The fourth-order valence-corrected chi connectivity index (χ4v) is 2.75. The largest absolute Gasteiger partial charge is 0.494 e. The van der Waals surface area contributed by atoms with E-state index in [0.717, 1.165) is 5.01 Å². The third-order valence-electron chi connectivity index (χ3n) is 3.17. The zero-order chi connectivity index (χ0) is 16.1. The summed E-state index contributed by atoms with van der Waals surface area (Å²) < 4.78 is 18.6. The minimum Gasteiger partial charge on any atom is -0.494 e. The Balaban J connectivity index is 2.05. The minimum absolute atomic E-state index is 0.174. The Morgan fingerprint density at radius 3 is 2.95 bits per heavy atom. The van der Waals surface area contributed by atoms with E-state index in [1.165, 1.54) is 30.6 Å². The minimum atomic E-state index is -0.458. The van der Waals surface area contributed by atoms with Crippen molar-refractivity contribution in [3.63, 3.8) is 0 Å². The van der Waals surface area contributed by atoms with Gasteiger partial charge in [0.15, 0.2) is 11.6 Å². The van der Waals surface area contributed by atoms with Crippen LogP contribution in [-0.2, 0) is 6.42 Å². The molecule has 7 heteroatoms. The first-order chi connectivity index (χ1) is 10.5. The Hall–Kier alpha value is -1.99. The normalized spacial score (nSPS) is 12.0. The molecular weight excluding hydrogens is 305 g/mol. The predicted molar refractivity (Wildman–Crippen MR) is 83.7 cm³/mol. The van der Waals surface area contributed by atoms with Crippen LogP contribution in [0.25, 0.3) is 0 Å². The summed E-state index contributed by atoms with van der Waals surface area (Å²) in [6, 6.07) is 4.26. The van der Waals surface area contributed by atoms with Gasteiger partial charge in [-0.15, -0.1) is 11.3 Å². The van der Waals surface area contributed by atoms with Crippen molar-refractivity contribution in [3.05, 3.63) is 45.7 Å². The van der Waals surface area contributed by atoms with Gasteiger partial charge in [0.1, 0.15) is 5.69 Å². The van der Waals surface area contributed by atoms with Gasteiger partial charge in [-0.1, -0.05) is 6.07 Å². The Labute approximate surface area is 132 Å². The van der Waals surface area contributed by atoms with Gasteiger partial charge >= 0.3 is 0 Å². The number of aromatic nitrogens is 1. The van der Waals surface area contributed by atoms with Crippen LogP contribution in [0.5, 0.6) is 5.75 Å². The molecule has 5 nitrogen and oxygen atoms in total. The van der Waals surface area contributed by atoms with Gasteiger partial charge in [-0.3, -0.25) is 4.79 Å². The maximum atomic E-state index is 13.7. The first-order valence-electron chi connectivity index (χ1n) is 6.84. The molecule has 3 N–H and O–H groups in total. The van der Waals surface area contributed by atoms with Gasteiger partial charge in [-0.05, 0) is 31.2 Å². The second-order valence-electron chi connectivity index (χ2n) is 4.75. The van der Waals surface area contributed by atoms with Crippen molar-refractivity contribution in [1.82, 2.24) is 10.3 Å². The van der Waals surface area contributed by atoms with E-state index >= 15 is 0 Å². The summed E-state index contributed by atoms with van der Waals surface area (Å²) in [5, 5.41) is 5.32. The predicted octanol–water partition coefficient (Wildman–Crippen LogP) is 2.28. The molecule has 1 aromatic carbocycles. The molecule has 0 saturated heterocycles. The van der Waals surface area contributed by atoms with E-state index in [-0.39, 0.29) is 17.7 Å². The summed E-state index contributed by atoms with van der Waals surface area (Å²) >= 11 is 1.40. The number of nitrogens with two attached hydrogens (primary N) is 1. The lowest BCUT2D eigenvalue weighted by molar-refractivity contribution is 0.0935. The van der Waals surface area contributed by atoms with Crippen molar-refractivity contribution in [2.75, 3.05) is 13.7 Å². The number of hydrogen-bond donors (Lipinski definition) is 2. The van der Waals surface area contributed by atoms with E-state index in [9.17, 15) is 9.18 Å². The van der Waals surface area contributed by atoms with Crippen LogP contribution in [0.4, 0.5) is 4.39 Å². The number of hydrogen-bond acceptors (Lipinski definition) is 5. The highest BCUT2D eigenvalue weighted by atomic mass is 32.1. The quantitative estimate of drug-likeness (QED) is 0.855. The number of carbonyl (C=O) groups excluding carboxylic acids is 1. The van der Waals surface area contributed by atoms with Gasteiger partial charge in [0.05, 0.1) is 18.2 Å². The maximum Gasteiger partial charge on any atom is 0.271 e. The van der Waals surface area contributed by atoms with Crippen LogP contribution in [0.1, 0.15) is 34.0 Å². The topological polar surface area (TPSA) is 77.2 Å². The maximum absolute atomic E-state index is 13.7. The molecule has 1 amide bonds. The Morgan fingerprint density at radius 2 is 2.32 bits per heavy atom. The summed E-state index contributed by atoms with van der Waals surface area (Å²) in [7, 11) is 1.41. The van der Waals surface area contributed by atoms with Gasteiger partial charge in [-0.2, -0.15) is 0 Å². The van der Waals surface area contributed by atoms with Gasteiger partial charge in [-0.25, -0.2) is 9.37 Å². The van der Waals surface area contributed by atoms with E-state index in [1.54, 1.807) is 18.4 Å². The average Bonchev–Trinajstić information content (AvgIpc) is 2.96. The number of nitrogens with one attached hydrogen (secondary N) is 1. The van der Waals surface area contributed by atoms with Crippen molar-refractivity contribution in [1.29, 1.82) is 0 Å². The molecule has 0 aliphatic heterocycles. The number of amides is 1. The zero-order valence-electron chi connectivity index (χ0n) is 12.4. The number of thiazole rings is 1. The number of rotatable bonds is 6. The summed E-state index contributed by atoms with van der Waals surface area (Å²) in [5.41, 5.74) is 6.47. The highest BCUT2D eigenvalue weighted by molar-refractivity contribution is 7.09. The molecule has 1 atom stereocenters. The number of carbonyl (C=O) groups is 1. The third kappa shape index (κ3) is 3.80. The number of ether oxygens (including phenoxy) is 1. The average molecular weight is 323 g/mol. The fraction of sp³-hybridized carbons (Fsp3) is 0.333. The lowest BCUT2D eigenvalue weighted by Crippen LogP contribution is -2.27. The van der Waals surface area contributed by atoms with Crippen molar-refractivity contribution in [2.24, 2.45) is 5.73 Å². The van der Waals surface area contributed by atoms with Gasteiger partial charge in [0.2, 0.25) is 0 Å². The second kappa shape index (κ2) is 7.33. The number of benzene rings is 1. The summed E-state index contributed by atoms with van der Waals surface area (Å²) in [4.78, 5) is 16.4. The highest BCUT2D eigenvalue weighted by Gasteiger charge is 2.15. The fourth-order valence-electron chi connectivity index (χ4n) is 1.96. The molecule has 0 aliphatic rings. The van der Waals surface area contributed by atoms with E-state index in [4.69, 9.17) is 10.5 Å². The van der Waals surface area contributed by atoms with Crippen molar-refractivity contribution < 1.29 is 13.9 Å². The van der Waals surface area contributed by atoms with Gasteiger partial charge in [0, 0.05) is 11.8 Å². The molecule has 118 valence electrons. The van der Waals surface area contributed by atoms with E-state index in [1.807, 2.05) is 0 Å². The molecule has 1 unspecified atom stereocenters. The van der Waals surface area contributed by atoms with Gasteiger partial charge in [0.25, 0.3) is 5.91 Å². The molecule has 0 saturated carbocycles. The smallest absolute Gasteiger partial charge is 0.271 e. The standard InChI is InChI=1S/C15H18FN3O2S/c1-9(10-3-4-13(21-2)11(16)7-10)18-15(20)12-8-22-14(19-12)5-6-17/h3-4,7-9H,5-6,17H2,1-2H3,(H,18,20). The Bertz CT molecular complexity index is 660. The Morgan fingerprint density at radius 1 is 1.55 bits per heavy atom. The molecule has 0 radical (unpaired) electrons. The summed E-state index contributed by atoms with van der Waals surface area (Å²) in [6.45, 7) is 2.28. The van der Waals surface area contributed by atoms with Crippen LogP contribution in [0.15, 0.2) is 23.6 Å². The lowest BCUT2D eigenvalue weighted by atomic mass is 10.1. The van der Waals surface area contributed by atoms with Crippen LogP contribution >= 0.6 is 11.3 Å². The highest BCUT2D eigenvalue weighted by Crippen LogP contribution is 2.22. The van der Waals surface area contributed by atoms with Crippen LogP contribution in [0.2, 0.25) is 0 Å². The molecular formula is C15H18FN3O2S. The molecule has 2 aromatic rings. The SMILES string of the molecule is COc1ccc(C(C)NC(=O)c2csc(CCN)n2)cc1F. The summed E-state index contributed by atoms with van der Waals surface area (Å²) in [5.74, 6) is -0.573. The first-order valence-corrected chi connectivity index (χ1v) is 7.72. The van der Waals surface area contributed by atoms with Crippen LogP contribution in [0, 0.1) is 5.82 Å². The van der Waals surface area contributed by atoms with Crippen molar-refractivity contribution in [3.8, 4) is 5.75 Å². The molecule has 0 spiro atoms. The van der Waals surface area contributed by atoms with E-state index in [0.29, 0.717) is 24.2 Å². The Kier molecular flexibility index (Phi) is 5.46. The molecule has 0 fully saturated rings. The lowest BCUT2D eigenvalue weighted by Gasteiger charge is -2.14. The molecule has 1 aromatic heterocycles. The monoisotopic (exact) mass is 323 g/mol. The van der Waals surface area contributed by atoms with E-state index in [2.05, 4.69) is 10.3 Å². The number of halogens is 1. The molecule has 0 aliphatic carbocycles. The van der Waals surface area contributed by atoms with Crippen LogP contribution in [-0.4, -0.2) is 24.5 Å². The second-order valence-corrected chi connectivity index (χ2v) is 5.70. The van der Waals surface area contributed by atoms with Crippen molar-refractivity contribution in [2.45, 2.75) is 19.4 Å². The van der Waals surface area contributed by atoms with Crippen LogP contribution < -0.4 is 15.8 Å².